The molecule has 12 nitrogen and oxygen atoms in total. The minimum absolute atomic E-state index is 0. The number of para-hydroxylation sites is 9. The van der Waals surface area contributed by atoms with Crippen LogP contribution in [-0.4, -0.2) is 83.4 Å². The van der Waals surface area contributed by atoms with Gasteiger partial charge in [-0.25, -0.2) is 0 Å². The van der Waals surface area contributed by atoms with Crippen molar-refractivity contribution in [3.63, 3.8) is 0 Å². The van der Waals surface area contributed by atoms with Crippen LogP contribution >= 0.6 is 0 Å². The molecule has 0 saturated heterocycles. The molecule has 0 N–H and O–H groups in total. The minimum Gasteiger partial charge on any atom is -0.501 e. The fourth-order valence-corrected chi connectivity index (χ4v) is 22.4. The Bertz CT molecular complexity index is 7640. The molecule has 667 valence electrons. The molecule has 22 aromatic rings. The molecule has 18 heteroatoms. The van der Waals surface area contributed by atoms with Gasteiger partial charge < -0.3 is 27.0 Å². The van der Waals surface area contributed by atoms with Gasteiger partial charge in [0.2, 0.25) is 0 Å². The molecular weight excluding hydrogens is 2340 g/mol. The standard InChI is InChI=1S/C26H17N2O.C22H17N2O.C21H15N2O.3C15H18GeN.3Ir/c1-2-9-18(10-3-1)17-28-23-15-6-5-14-22(23)27-26(28)21-13-8-12-20-19-11-4-7-16-24(19)29-25(20)21;1-14(2)24-19-12-5-4-11-18(19)23-22(24)17-10-7-9-16-15-8-3-6-13-20(15)25-21(16)17;1-2-23-18-12-5-4-11-17(18)22-21(23)16-10-7-9-15-14-8-3-6-13-19(14)24-20(15)16;3*1-12-5-7-13(8-6-12)15-10-9-14(11-17-15)16(2,3)4;;;/h1-12,14-16H,17H2;3-9,11-14H,1-2H3;3-9,11-13H,2H2,1H3;3*5-7,9-11H,1-4H3;;;/q6*-1;;;/i;;;3*1D3;;;. The van der Waals surface area contributed by atoms with Crippen LogP contribution in [0.4, 0.5) is 0 Å². The second kappa shape index (κ2) is 42.3. The van der Waals surface area contributed by atoms with Crippen LogP contribution in [-0.2, 0) is 73.4 Å². The van der Waals surface area contributed by atoms with Crippen molar-refractivity contribution in [2.24, 2.45) is 0 Å². The molecule has 0 aliphatic rings. The fourth-order valence-electron chi connectivity index (χ4n) is 15.8. The van der Waals surface area contributed by atoms with Crippen LogP contribution in [0.1, 0.15) is 61.4 Å². The number of furan rings is 3. The Hall–Kier alpha value is -11.3. The van der Waals surface area contributed by atoms with Gasteiger partial charge in [-0.15, -0.1) is 54.6 Å². The van der Waals surface area contributed by atoms with Crippen molar-refractivity contribution in [3.05, 3.63) is 381 Å². The number of aromatic nitrogens is 9. The smallest absolute Gasteiger partial charge is 0.120 e. The van der Waals surface area contributed by atoms with Gasteiger partial charge in [0.1, 0.15) is 16.7 Å². The van der Waals surface area contributed by atoms with E-state index in [-0.39, 0.29) is 66.4 Å². The molecular formula is C114H103Ge3Ir3N9O3-6. The van der Waals surface area contributed by atoms with E-state index in [1.54, 1.807) is 36.4 Å². The summed E-state index contributed by atoms with van der Waals surface area (Å²) in [5, 5.41) is 6.67. The van der Waals surface area contributed by atoms with Gasteiger partial charge in [0, 0.05) is 95.6 Å². The second-order valence-corrected chi connectivity index (χ2v) is 67.1. The van der Waals surface area contributed by atoms with Crippen LogP contribution in [0, 0.1) is 57.0 Å². The molecule has 9 aromatic heterocycles. The number of rotatable bonds is 13. The molecule has 0 saturated carbocycles. The molecule has 0 amide bonds. The van der Waals surface area contributed by atoms with Gasteiger partial charge in [-0.05, 0) is 80.9 Å². The van der Waals surface area contributed by atoms with Crippen LogP contribution in [0.3, 0.4) is 0 Å². The fraction of sp³-hybridized carbons (Fsp3) is 0.158. The van der Waals surface area contributed by atoms with Crippen molar-refractivity contribution in [3.8, 4) is 67.9 Å². The van der Waals surface area contributed by atoms with E-state index in [1.807, 2.05) is 146 Å². The largest absolute Gasteiger partial charge is 0.501 e. The van der Waals surface area contributed by atoms with Gasteiger partial charge in [0.05, 0.1) is 67.3 Å². The van der Waals surface area contributed by atoms with Crippen molar-refractivity contribution in [2.75, 3.05) is 0 Å². The number of hydrogen-bond acceptors (Lipinski definition) is 9. The number of benzene rings is 13. The first-order valence-electron chi connectivity index (χ1n) is 47.9. The predicted molar refractivity (Wildman–Crippen MR) is 544 cm³/mol. The zero-order valence-corrected chi connectivity index (χ0v) is 88.8. The predicted octanol–water partition coefficient (Wildman–Crippen LogP) is 28.1. The van der Waals surface area contributed by atoms with Crippen molar-refractivity contribution < 1.29 is 85.9 Å². The summed E-state index contributed by atoms with van der Waals surface area (Å²) < 4.78 is 95.5. The number of imidazole rings is 3. The number of hydrogen-bond donors (Lipinski definition) is 0. The molecule has 132 heavy (non-hydrogen) atoms. The third-order valence-electron chi connectivity index (χ3n) is 22.8. The molecule has 3 radical (unpaired) electrons. The summed E-state index contributed by atoms with van der Waals surface area (Å²) in [6, 6.07) is 118. The van der Waals surface area contributed by atoms with E-state index in [2.05, 4.69) is 259 Å². The normalized spacial score (nSPS) is 12.7. The Labute approximate surface area is 834 Å². The van der Waals surface area contributed by atoms with Gasteiger partial charge in [-0.1, -0.05) is 154 Å². The molecule has 0 bridgehead atoms. The summed E-state index contributed by atoms with van der Waals surface area (Å²) in [6.45, 7) is 1.84. The molecule has 0 unspecified atom stereocenters. The maximum absolute atomic E-state index is 7.35. The molecule has 0 aliphatic carbocycles. The second-order valence-electron chi connectivity index (χ2n) is 35.2. The van der Waals surface area contributed by atoms with E-state index in [1.165, 1.54) is 37.0 Å². The first-order chi connectivity index (χ1) is 66.0. The maximum atomic E-state index is 7.35. The average Bonchev–Trinajstić information content (AvgIpc) is 1.60. The Morgan fingerprint density at radius 1 is 0.333 bits per heavy atom. The van der Waals surface area contributed by atoms with Gasteiger partial charge >= 0.3 is 331 Å². The van der Waals surface area contributed by atoms with Gasteiger partial charge in [0.25, 0.3) is 0 Å². The Kier molecular flexibility index (Phi) is 27.2. The van der Waals surface area contributed by atoms with Crippen LogP contribution in [0.5, 0.6) is 0 Å². The molecule has 0 spiro atoms. The van der Waals surface area contributed by atoms with E-state index in [9.17, 15) is 0 Å². The number of pyridine rings is 3. The van der Waals surface area contributed by atoms with E-state index in [4.69, 9.17) is 40.5 Å². The summed E-state index contributed by atoms with van der Waals surface area (Å²) in [6.07, 6.45) is 5.84. The Morgan fingerprint density at radius 2 is 0.659 bits per heavy atom. The third-order valence-corrected chi connectivity index (χ3v) is 35.5. The SMILES string of the molecule is CC(C)n1c(-c2[c-]ccc3c2oc2ccccc23)nc2ccccc21.CCn1c(-c2[c-]ccc3c2oc2ccccc23)nc2ccccc21.[2H]C([2H])([2H])c1c[c-]c(-c2cc[c]([Ge]([CH3])([CH3])[CH3])cn2)cc1.[2H]C([2H])([2H])c1c[c-]c(-c2cc[c]([Ge]([CH3])([CH3])[CH3])cn2)cc1.[2H]C([2H])([2H])c1c[c-]c(-c2cc[c]([Ge]([CH3])([CH3])[CH3])cn2)cc1.[Ir].[Ir].[Ir].[c-]1ccc2c(oc3ccccc32)c1-c1nc2ccccc2n1Cc1ccccc1. The van der Waals surface area contributed by atoms with Crippen LogP contribution in [0.25, 0.3) is 167 Å². The summed E-state index contributed by atoms with van der Waals surface area (Å²) >= 11 is -5.49. The van der Waals surface area contributed by atoms with E-state index < -0.39 is 60.4 Å². The summed E-state index contributed by atoms with van der Waals surface area (Å²) in [5.74, 6) is 23.6. The summed E-state index contributed by atoms with van der Waals surface area (Å²) in [4.78, 5) is 28.2. The van der Waals surface area contributed by atoms with E-state index in [0.717, 1.165) is 180 Å². The van der Waals surface area contributed by atoms with Crippen LogP contribution in [0.15, 0.2) is 335 Å². The zero-order chi connectivity index (χ0) is 97.2. The number of aryl methyl sites for hydroxylation is 4. The Morgan fingerprint density at radius 3 is 1.00 bits per heavy atom. The van der Waals surface area contributed by atoms with Gasteiger partial charge in [-0.3, -0.25) is 15.0 Å². The first kappa shape index (κ1) is 84.9. The number of nitrogens with zero attached hydrogens (tertiary/aromatic N) is 9. The summed E-state index contributed by atoms with van der Waals surface area (Å²) in [7, 11) is 0. The zero-order valence-electron chi connectivity index (χ0n) is 84.3. The quantitative estimate of drug-likeness (QED) is 0.0817. The molecule has 0 fully saturated rings. The maximum Gasteiger partial charge on any atom is 0.120 e. The molecule has 0 aliphatic heterocycles. The van der Waals surface area contributed by atoms with Gasteiger partial charge in [-0.2, -0.15) is 0 Å². The van der Waals surface area contributed by atoms with E-state index >= 15 is 0 Å². The molecule has 0 atom stereocenters. The molecule has 9 heterocycles. The number of fused-ring (bicyclic) bond motifs is 12. The topological polar surface area (TPSA) is 132 Å². The monoisotopic (exact) mass is 2460 g/mol. The Balaban J connectivity index is 0.000000135. The average molecular weight is 2450 g/mol. The van der Waals surface area contributed by atoms with E-state index in [0.29, 0.717) is 16.7 Å². The van der Waals surface area contributed by atoms with Crippen LogP contribution in [0.2, 0.25) is 51.8 Å². The first-order valence-corrected chi connectivity index (χ1v) is 65.4. The minimum atomic E-state index is -2.08. The van der Waals surface area contributed by atoms with Crippen molar-refractivity contribution in [2.45, 2.75) is 112 Å². The molecule has 13 aromatic carbocycles. The van der Waals surface area contributed by atoms with Gasteiger partial charge in [0.15, 0.2) is 0 Å². The van der Waals surface area contributed by atoms with Crippen molar-refractivity contribution in [1.29, 1.82) is 0 Å². The van der Waals surface area contributed by atoms with Crippen molar-refractivity contribution in [1.82, 2.24) is 43.6 Å². The third kappa shape index (κ3) is 21.5. The van der Waals surface area contributed by atoms with Crippen molar-refractivity contribution >= 4 is 152 Å². The van der Waals surface area contributed by atoms with Crippen LogP contribution < -0.4 is 13.2 Å². The molecule has 22 rings (SSSR count). The summed E-state index contributed by atoms with van der Waals surface area (Å²) in [5.41, 5.74) is 21.4.